The van der Waals surface area contributed by atoms with Crippen molar-refractivity contribution >= 4 is 28.5 Å². The van der Waals surface area contributed by atoms with E-state index in [1.807, 2.05) is 26.2 Å². The van der Waals surface area contributed by atoms with Gasteiger partial charge < -0.3 is 10.4 Å². The van der Waals surface area contributed by atoms with Crippen molar-refractivity contribution in [1.29, 1.82) is 0 Å². The zero-order valence-electron chi connectivity index (χ0n) is 11.1. The lowest BCUT2D eigenvalue weighted by Gasteiger charge is -2.14. The van der Waals surface area contributed by atoms with Crippen molar-refractivity contribution in [3.63, 3.8) is 0 Å². The van der Waals surface area contributed by atoms with Gasteiger partial charge in [0.05, 0.1) is 5.69 Å². The van der Waals surface area contributed by atoms with Gasteiger partial charge in [-0.05, 0) is 0 Å². The summed E-state index contributed by atoms with van der Waals surface area (Å²) in [5.74, 6) is -1.04. The van der Waals surface area contributed by atoms with E-state index in [2.05, 4.69) is 15.6 Å². The SMILES string of the molecule is CC(C)(C)c1csc(NC(=O)NC/C=C/C(=O)O)n1. The molecule has 0 aromatic carbocycles. The van der Waals surface area contributed by atoms with Gasteiger partial charge in [-0.1, -0.05) is 26.8 Å². The Balaban J connectivity index is 2.45. The Morgan fingerprint density at radius 1 is 1.47 bits per heavy atom. The Morgan fingerprint density at radius 3 is 2.68 bits per heavy atom. The van der Waals surface area contributed by atoms with Crippen LogP contribution in [-0.2, 0) is 10.2 Å². The number of thiazole rings is 1. The Morgan fingerprint density at radius 2 is 2.16 bits per heavy atom. The van der Waals surface area contributed by atoms with Crippen LogP contribution >= 0.6 is 11.3 Å². The number of aromatic nitrogens is 1. The van der Waals surface area contributed by atoms with Crippen LogP contribution in [0.25, 0.3) is 0 Å². The van der Waals surface area contributed by atoms with Gasteiger partial charge in [-0.25, -0.2) is 14.6 Å². The zero-order valence-corrected chi connectivity index (χ0v) is 11.9. The highest BCUT2D eigenvalue weighted by Crippen LogP contribution is 2.26. The average molecular weight is 283 g/mol. The molecule has 0 unspecified atom stereocenters. The zero-order chi connectivity index (χ0) is 14.5. The first kappa shape index (κ1) is 15.2. The predicted molar refractivity (Wildman–Crippen MR) is 74.6 cm³/mol. The number of nitrogens with one attached hydrogen (secondary N) is 2. The highest BCUT2D eigenvalue weighted by Gasteiger charge is 2.17. The largest absolute Gasteiger partial charge is 0.478 e. The molecule has 0 aliphatic heterocycles. The number of amides is 2. The number of carbonyl (C=O) groups is 2. The first-order chi connectivity index (χ1) is 8.79. The van der Waals surface area contributed by atoms with Gasteiger partial charge in [-0.15, -0.1) is 11.3 Å². The molecule has 0 saturated carbocycles. The lowest BCUT2D eigenvalue weighted by molar-refractivity contribution is -0.131. The van der Waals surface area contributed by atoms with E-state index in [0.717, 1.165) is 11.8 Å². The Labute approximate surface area is 115 Å². The Kier molecular flexibility index (Phi) is 5.05. The number of carboxylic acid groups (broad SMARTS) is 1. The second-order valence-electron chi connectivity index (χ2n) is 4.86. The molecule has 0 radical (unpaired) electrons. The third-order valence-electron chi connectivity index (χ3n) is 2.13. The molecular weight excluding hydrogens is 266 g/mol. The van der Waals surface area contributed by atoms with E-state index in [0.29, 0.717) is 5.13 Å². The van der Waals surface area contributed by atoms with Gasteiger partial charge in [0, 0.05) is 23.4 Å². The monoisotopic (exact) mass is 283 g/mol. The molecule has 19 heavy (non-hydrogen) atoms. The van der Waals surface area contributed by atoms with Crippen molar-refractivity contribution in [3.8, 4) is 0 Å². The van der Waals surface area contributed by atoms with E-state index in [1.54, 1.807) is 0 Å². The number of aliphatic carboxylic acids is 1. The van der Waals surface area contributed by atoms with Crippen LogP contribution in [0.4, 0.5) is 9.93 Å². The van der Waals surface area contributed by atoms with Crippen LogP contribution < -0.4 is 10.6 Å². The number of urea groups is 1. The van der Waals surface area contributed by atoms with E-state index < -0.39 is 12.0 Å². The standard InChI is InChI=1S/C12H17N3O3S/c1-12(2,3)8-7-19-11(14-8)15-10(18)13-6-4-5-9(16)17/h4-5,7H,6H2,1-3H3,(H,16,17)(H2,13,14,15,18)/b5-4+. The van der Waals surface area contributed by atoms with E-state index in [4.69, 9.17) is 5.11 Å². The first-order valence-electron chi connectivity index (χ1n) is 5.69. The fourth-order valence-electron chi connectivity index (χ4n) is 1.13. The van der Waals surface area contributed by atoms with Gasteiger partial charge in [-0.3, -0.25) is 5.32 Å². The molecule has 2 amide bonds. The first-order valence-corrected chi connectivity index (χ1v) is 6.57. The molecule has 1 heterocycles. The highest BCUT2D eigenvalue weighted by atomic mass is 32.1. The molecule has 104 valence electrons. The number of hydrogen-bond acceptors (Lipinski definition) is 4. The minimum Gasteiger partial charge on any atom is -0.478 e. The molecule has 7 heteroatoms. The van der Waals surface area contributed by atoms with Crippen molar-refractivity contribution < 1.29 is 14.7 Å². The molecule has 0 fully saturated rings. The predicted octanol–water partition coefficient (Wildman–Crippen LogP) is 2.20. The van der Waals surface area contributed by atoms with Crippen LogP contribution in [0.5, 0.6) is 0 Å². The van der Waals surface area contributed by atoms with Crippen LogP contribution in [0.1, 0.15) is 26.5 Å². The average Bonchev–Trinajstić information content (AvgIpc) is 2.72. The summed E-state index contributed by atoms with van der Waals surface area (Å²) in [4.78, 5) is 26.0. The van der Waals surface area contributed by atoms with Crippen molar-refractivity contribution in [2.75, 3.05) is 11.9 Å². The molecule has 1 rings (SSSR count). The number of nitrogens with zero attached hydrogens (tertiary/aromatic N) is 1. The second kappa shape index (κ2) is 6.33. The van der Waals surface area contributed by atoms with Gasteiger partial charge >= 0.3 is 12.0 Å². The molecule has 0 aliphatic rings. The molecule has 0 saturated heterocycles. The van der Waals surface area contributed by atoms with E-state index in [-0.39, 0.29) is 12.0 Å². The molecule has 0 bridgehead atoms. The number of carboxylic acids is 1. The van der Waals surface area contributed by atoms with Crippen molar-refractivity contribution in [2.24, 2.45) is 0 Å². The summed E-state index contributed by atoms with van der Waals surface area (Å²) >= 11 is 1.35. The Bertz CT molecular complexity index is 489. The minimum absolute atomic E-state index is 0.0584. The van der Waals surface area contributed by atoms with Crippen molar-refractivity contribution in [2.45, 2.75) is 26.2 Å². The molecule has 6 nitrogen and oxygen atoms in total. The van der Waals surface area contributed by atoms with Crippen LogP contribution in [-0.4, -0.2) is 28.6 Å². The summed E-state index contributed by atoms with van der Waals surface area (Å²) in [6.45, 7) is 6.28. The number of hydrogen-bond donors (Lipinski definition) is 3. The molecule has 1 aromatic rings. The quantitative estimate of drug-likeness (QED) is 0.739. The fraction of sp³-hybridized carbons (Fsp3) is 0.417. The van der Waals surface area contributed by atoms with Crippen molar-refractivity contribution in [1.82, 2.24) is 10.3 Å². The number of rotatable bonds is 4. The summed E-state index contributed by atoms with van der Waals surface area (Å²) in [7, 11) is 0. The van der Waals surface area contributed by atoms with E-state index >= 15 is 0 Å². The van der Waals surface area contributed by atoms with Crippen LogP contribution in [0.15, 0.2) is 17.5 Å². The minimum atomic E-state index is -1.04. The van der Waals surface area contributed by atoms with Gasteiger partial charge in [0.25, 0.3) is 0 Å². The molecule has 0 spiro atoms. The summed E-state index contributed by atoms with van der Waals surface area (Å²) in [5.41, 5.74) is 0.857. The lowest BCUT2D eigenvalue weighted by atomic mass is 9.93. The van der Waals surface area contributed by atoms with Gasteiger partial charge in [0.1, 0.15) is 0 Å². The maximum atomic E-state index is 11.5. The van der Waals surface area contributed by atoms with Gasteiger partial charge in [0.2, 0.25) is 0 Å². The highest BCUT2D eigenvalue weighted by molar-refractivity contribution is 7.13. The van der Waals surface area contributed by atoms with E-state index in [9.17, 15) is 9.59 Å². The third kappa shape index (κ3) is 5.52. The lowest BCUT2D eigenvalue weighted by Crippen LogP contribution is -2.28. The number of anilines is 1. The molecule has 0 atom stereocenters. The van der Waals surface area contributed by atoms with Gasteiger partial charge in [-0.2, -0.15) is 0 Å². The maximum Gasteiger partial charge on any atom is 0.328 e. The smallest absolute Gasteiger partial charge is 0.328 e. The van der Waals surface area contributed by atoms with Crippen LogP contribution in [0.2, 0.25) is 0 Å². The summed E-state index contributed by atoms with van der Waals surface area (Å²) in [6.07, 6.45) is 2.33. The molecule has 3 N–H and O–H groups in total. The van der Waals surface area contributed by atoms with Crippen LogP contribution in [0, 0.1) is 0 Å². The molecule has 0 aliphatic carbocycles. The molecular formula is C12H17N3O3S. The normalized spacial score (nSPS) is 11.5. The summed E-state index contributed by atoms with van der Waals surface area (Å²) < 4.78 is 0. The van der Waals surface area contributed by atoms with Crippen molar-refractivity contribution in [3.05, 3.63) is 23.2 Å². The summed E-state index contributed by atoms with van der Waals surface area (Å²) in [5, 5.41) is 15.9. The third-order valence-corrected chi connectivity index (χ3v) is 2.89. The topological polar surface area (TPSA) is 91.3 Å². The second-order valence-corrected chi connectivity index (χ2v) is 5.72. The van der Waals surface area contributed by atoms with E-state index in [1.165, 1.54) is 17.4 Å². The van der Waals surface area contributed by atoms with Gasteiger partial charge in [0.15, 0.2) is 5.13 Å². The summed E-state index contributed by atoms with van der Waals surface area (Å²) in [6, 6.07) is -0.412. The number of carbonyl (C=O) groups excluding carboxylic acids is 1. The Hall–Kier alpha value is -1.89. The van der Waals surface area contributed by atoms with Crippen LogP contribution in [0.3, 0.4) is 0 Å². The maximum absolute atomic E-state index is 11.5. The molecule has 1 aromatic heterocycles. The fourth-order valence-corrected chi connectivity index (χ4v) is 2.06.